The Morgan fingerprint density at radius 2 is 2.00 bits per heavy atom. The van der Waals surface area contributed by atoms with Crippen LogP contribution in [-0.2, 0) is 4.74 Å². The number of aromatic amines is 1. The second kappa shape index (κ2) is 5.81. The summed E-state index contributed by atoms with van der Waals surface area (Å²) in [5, 5.41) is 0. The predicted molar refractivity (Wildman–Crippen MR) is 87.1 cm³/mol. The maximum Gasteiger partial charge on any atom is 0.337 e. The van der Waals surface area contributed by atoms with Gasteiger partial charge in [0.15, 0.2) is 0 Å². The summed E-state index contributed by atoms with van der Waals surface area (Å²) in [5.74, 6) is 1.11. The minimum absolute atomic E-state index is 0.370. The lowest BCUT2D eigenvalue weighted by atomic mass is 10.2. The van der Waals surface area contributed by atoms with E-state index in [0.29, 0.717) is 5.56 Å². The maximum atomic E-state index is 11.6. The maximum absolute atomic E-state index is 11.6. The molecule has 1 heterocycles. The number of nitrogens with zero attached hydrogens (tertiary/aromatic N) is 1. The second-order valence-corrected chi connectivity index (χ2v) is 5.51. The molecular weight excluding hydrogens is 348 g/mol. The molecular formula is C16H13BrN2O3. The zero-order chi connectivity index (χ0) is 15.7. The van der Waals surface area contributed by atoms with Crippen LogP contribution >= 0.6 is 15.9 Å². The summed E-state index contributed by atoms with van der Waals surface area (Å²) >= 11 is 3.46. The SMILES string of the molecule is COC(=O)c1ccc2nc(-c3ccc(OC)c(Br)c3)[nH]c2c1. The number of imidazole rings is 1. The van der Waals surface area contributed by atoms with Crippen LogP contribution in [0.3, 0.4) is 0 Å². The van der Waals surface area contributed by atoms with E-state index in [-0.39, 0.29) is 5.97 Å². The number of carbonyl (C=O) groups excluding carboxylic acids is 1. The number of methoxy groups -OCH3 is 2. The number of aromatic nitrogens is 2. The van der Waals surface area contributed by atoms with E-state index in [2.05, 4.69) is 25.9 Å². The molecule has 3 rings (SSSR count). The molecule has 2 aromatic carbocycles. The van der Waals surface area contributed by atoms with Gasteiger partial charge >= 0.3 is 5.97 Å². The van der Waals surface area contributed by atoms with Crippen molar-refractivity contribution in [1.29, 1.82) is 0 Å². The van der Waals surface area contributed by atoms with Gasteiger partial charge in [0.05, 0.1) is 35.3 Å². The fourth-order valence-corrected chi connectivity index (χ4v) is 2.75. The molecule has 0 fully saturated rings. The number of hydrogen-bond donors (Lipinski definition) is 1. The molecule has 0 unspecified atom stereocenters. The molecule has 0 spiro atoms. The van der Waals surface area contributed by atoms with E-state index >= 15 is 0 Å². The fourth-order valence-electron chi connectivity index (χ4n) is 2.20. The van der Waals surface area contributed by atoms with Crippen LogP contribution in [0.4, 0.5) is 0 Å². The predicted octanol–water partition coefficient (Wildman–Crippen LogP) is 3.79. The lowest BCUT2D eigenvalue weighted by Gasteiger charge is -2.04. The third-order valence-corrected chi connectivity index (χ3v) is 3.95. The molecule has 6 heteroatoms. The van der Waals surface area contributed by atoms with Gasteiger partial charge in [-0.25, -0.2) is 9.78 Å². The van der Waals surface area contributed by atoms with Crippen LogP contribution < -0.4 is 4.74 Å². The number of halogens is 1. The molecule has 1 aromatic heterocycles. The van der Waals surface area contributed by atoms with Crippen molar-refractivity contribution < 1.29 is 14.3 Å². The second-order valence-electron chi connectivity index (χ2n) is 4.66. The number of H-pyrrole nitrogens is 1. The Morgan fingerprint density at radius 1 is 1.18 bits per heavy atom. The van der Waals surface area contributed by atoms with Crippen LogP contribution in [0.15, 0.2) is 40.9 Å². The summed E-state index contributed by atoms with van der Waals surface area (Å²) in [6, 6.07) is 10.9. The molecule has 5 nitrogen and oxygen atoms in total. The van der Waals surface area contributed by atoms with E-state index in [4.69, 9.17) is 9.47 Å². The molecule has 1 N–H and O–H groups in total. The standard InChI is InChI=1S/C16H13BrN2O3/c1-21-14-6-4-9(7-11(14)17)15-18-12-5-3-10(16(20)22-2)8-13(12)19-15/h3-8H,1-2H3,(H,18,19). The molecule has 0 bridgehead atoms. The number of carbonyl (C=O) groups is 1. The number of benzene rings is 2. The van der Waals surface area contributed by atoms with E-state index in [1.807, 2.05) is 18.2 Å². The smallest absolute Gasteiger partial charge is 0.337 e. The molecule has 0 saturated carbocycles. The average molecular weight is 361 g/mol. The van der Waals surface area contributed by atoms with Crippen LogP contribution in [0.1, 0.15) is 10.4 Å². The Morgan fingerprint density at radius 3 is 2.68 bits per heavy atom. The summed E-state index contributed by atoms with van der Waals surface area (Å²) < 4.78 is 10.8. The number of hydrogen-bond acceptors (Lipinski definition) is 4. The molecule has 0 aliphatic rings. The van der Waals surface area contributed by atoms with Crippen molar-refractivity contribution in [2.24, 2.45) is 0 Å². The quantitative estimate of drug-likeness (QED) is 0.721. The van der Waals surface area contributed by atoms with Gasteiger partial charge in [0, 0.05) is 5.56 Å². The van der Waals surface area contributed by atoms with Gasteiger partial charge in [0.1, 0.15) is 11.6 Å². The monoisotopic (exact) mass is 360 g/mol. The van der Waals surface area contributed by atoms with Crippen LogP contribution in [0.25, 0.3) is 22.4 Å². The van der Waals surface area contributed by atoms with Crippen molar-refractivity contribution in [3.05, 3.63) is 46.4 Å². The van der Waals surface area contributed by atoms with Gasteiger partial charge in [-0.2, -0.15) is 0 Å². The molecule has 0 aliphatic carbocycles. The topological polar surface area (TPSA) is 64.2 Å². The van der Waals surface area contributed by atoms with Gasteiger partial charge in [0.25, 0.3) is 0 Å². The van der Waals surface area contributed by atoms with Gasteiger partial charge in [-0.1, -0.05) is 0 Å². The highest BCUT2D eigenvalue weighted by atomic mass is 79.9. The zero-order valence-electron chi connectivity index (χ0n) is 12.0. The molecule has 3 aromatic rings. The molecule has 0 aliphatic heterocycles. The van der Waals surface area contributed by atoms with E-state index in [9.17, 15) is 4.79 Å². The number of esters is 1. The third kappa shape index (κ3) is 2.57. The molecule has 22 heavy (non-hydrogen) atoms. The Kier molecular flexibility index (Phi) is 3.85. The van der Waals surface area contributed by atoms with Gasteiger partial charge in [-0.05, 0) is 52.3 Å². The lowest BCUT2D eigenvalue weighted by Crippen LogP contribution is -2.00. The van der Waals surface area contributed by atoms with E-state index in [0.717, 1.165) is 32.6 Å². The minimum atomic E-state index is -0.370. The summed E-state index contributed by atoms with van der Waals surface area (Å²) in [4.78, 5) is 19.3. The van der Waals surface area contributed by atoms with Crippen LogP contribution in [0.2, 0.25) is 0 Å². The van der Waals surface area contributed by atoms with Gasteiger partial charge in [0.2, 0.25) is 0 Å². The fraction of sp³-hybridized carbons (Fsp3) is 0.125. The highest BCUT2D eigenvalue weighted by Gasteiger charge is 2.11. The largest absolute Gasteiger partial charge is 0.496 e. The third-order valence-electron chi connectivity index (χ3n) is 3.33. The molecule has 0 radical (unpaired) electrons. The summed E-state index contributed by atoms with van der Waals surface area (Å²) in [7, 11) is 2.98. The van der Waals surface area contributed by atoms with Crippen LogP contribution in [-0.4, -0.2) is 30.2 Å². The Hall–Kier alpha value is -2.34. The van der Waals surface area contributed by atoms with Gasteiger partial charge in [-0.3, -0.25) is 0 Å². The van der Waals surface area contributed by atoms with Crippen LogP contribution in [0.5, 0.6) is 5.75 Å². The van der Waals surface area contributed by atoms with Crippen molar-refractivity contribution in [2.75, 3.05) is 14.2 Å². The van der Waals surface area contributed by atoms with E-state index in [1.54, 1.807) is 25.3 Å². The lowest BCUT2D eigenvalue weighted by molar-refractivity contribution is 0.0601. The van der Waals surface area contributed by atoms with Gasteiger partial charge < -0.3 is 14.5 Å². The van der Waals surface area contributed by atoms with E-state index in [1.165, 1.54) is 7.11 Å². The van der Waals surface area contributed by atoms with Crippen molar-refractivity contribution in [3.8, 4) is 17.1 Å². The Bertz CT molecular complexity index is 858. The van der Waals surface area contributed by atoms with Crippen molar-refractivity contribution >= 4 is 32.9 Å². The molecule has 0 saturated heterocycles. The summed E-state index contributed by atoms with van der Waals surface area (Å²) in [6.07, 6.45) is 0. The van der Waals surface area contributed by atoms with E-state index < -0.39 is 0 Å². The normalized spacial score (nSPS) is 10.7. The van der Waals surface area contributed by atoms with Gasteiger partial charge in [-0.15, -0.1) is 0 Å². The summed E-state index contributed by atoms with van der Waals surface area (Å²) in [5.41, 5.74) is 2.98. The highest BCUT2D eigenvalue weighted by Crippen LogP contribution is 2.30. The highest BCUT2D eigenvalue weighted by molar-refractivity contribution is 9.10. The number of fused-ring (bicyclic) bond motifs is 1. The number of rotatable bonds is 3. The first-order valence-corrected chi connectivity index (χ1v) is 7.33. The first-order valence-electron chi connectivity index (χ1n) is 6.54. The minimum Gasteiger partial charge on any atom is -0.496 e. The van der Waals surface area contributed by atoms with Crippen LogP contribution in [0, 0.1) is 0 Å². The Balaban J connectivity index is 2.05. The summed E-state index contributed by atoms with van der Waals surface area (Å²) in [6.45, 7) is 0. The van der Waals surface area contributed by atoms with Crippen molar-refractivity contribution in [3.63, 3.8) is 0 Å². The molecule has 0 atom stereocenters. The molecule has 0 amide bonds. The van der Waals surface area contributed by atoms with Crippen molar-refractivity contribution in [2.45, 2.75) is 0 Å². The first kappa shape index (κ1) is 14.6. The molecule has 112 valence electrons. The Labute approximate surface area is 135 Å². The zero-order valence-corrected chi connectivity index (χ0v) is 13.6. The number of nitrogens with one attached hydrogen (secondary N) is 1. The number of ether oxygens (including phenoxy) is 2. The average Bonchev–Trinajstić information content (AvgIpc) is 2.97. The first-order chi connectivity index (χ1) is 10.6. The van der Waals surface area contributed by atoms with Crippen molar-refractivity contribution in [1.82, 2.24) is 9.97 Å².